The van der Waals surface area contributed by atoms with Gasteiger partial charge in [-0.1, -0.05) is 19.1 Å². The van der Waals surface area contributed by atoms with Crippen LogP contribution in [0.25, 0.3) is 32.1 Å². The quantitative estimate of drug-likeness (QED) is 0.484. The second-order valence-electron chi connectivity index (χ2n) is 7.85. The number of phenols is 1. The molecular formula is C23H23FN2O2S. The van der Waals surface area contributed by atoms with Crippen molar-refractivity contribution in [2.24, 2.45) is 0 Å². The van der Waals surface area contributed by atoms with Crippen LogP contribution in [0, 0.1) is 12.7 Å². The summed E-state index contributed by atoms with van der Waals surface area (Å²) < 4.78 is 15.6. The fourth-order valence-corrected chi connectivity index (χ4v) is 4.90. The lowest BCUT2D eigenvalue weighted by Crippen LogP contribution is -2.19. The van der Waals surface area contributed by atoms with E-state index in [1.54, 1.807) is 12.1 Å². The van der Waals surface area contributed by atoms with Crippen LogP contribution in [0.3, 0.4) is 0 Å². The Hall–Kier alpha value is -2.70. The summed E-state index contributed by atoms with van der Waals surface area (Å²) in [7, 11) is 3.93. The molecule has 0 bridgehead atoms. The number of likely N-dealkylation sites (N-methyl/N-ethyl adjacent to an activating group) is 1. The molecule has 0 saturated carbocycles. The zero-order valence-electron chi connectivity index (χ0n) is 16.8. The zero-order valence-corrected chi connectivity index (χ0v) is 17.7. The van der Waals surface area contributed by atoms with E-state index in [9.17, 15) is 9.90 Å². The van der Waals surface area contributed by atoms with Crippen LogP contribution in [0.15, 0.2) is 40.5 Å². The van der Waals surface area contributed by atoms with Crippen molar-refractivity contribution in [2.45, 2.75) is 19.8 Å². The molecule has 0 aliphatic heterocycles. The Labute approximate surface area is 172 Å². The number of halogens is 1. The normalized spacial score (nSPS) is 12.9. The van der Waals surface area contributed by atoms with E-state index in [4.69, 9.17) is 0 Å². The summed E-state index contributed by atoms with van der Waals surface area (Å²) in [5, 5.41) is 14.1. The van der Waals surface area contributed by atoms with Crippen LogP contribution in [0.5, 0.6) is 5.75 Å². The van der Waals surface area contributed by atoms with E-state index in [0.29, 0.717) is 26.9 Å². The average Bonchev–Trinajstić information content (AvgIpc) is 3.12. The topological polar surface area (TPSA) is 56.3 Å². The summed E-state index contributed by atoms with van der Waals surface area (Å²) in [6.45, 7) is 4.58. The Morgan fingerprint density at radius 1 is 1.24 bits per heavy atom. The third-order valence-electron chi connectivity index (χ3n) is 5.34. The first-order valence-corrected chi connectivity index (χ1v) is 10.4. The fraction of sp³-hybridized carbons (Fsp3) is 0.261. The van der Waals surface area contributed by atoms with Gasteiger partial charge in [-0.25, -0.2) is 4.39 Å². The molecule has 0 unspecified atom stereocenters. The van der Waals surface area contributed by atoms with E-state index in [2.05, 4.69) is 4.98 Å². The van der Waals surface area contributed by atoms with Crippen molar-refractivity contribution < 1.29 is 9.50 Å². The second-order valence-corrected chi connectivity index (χ2v) is 8.77. The largest absolute Gasteiger partial charge is 0.507 e. The zero-order chi connectivity index (χ0) is 20.9. The molecule has 4 aromatic rings. The summed E-state index contributed by atoms with van der Waals surface area (Å²) in [6.07, 6.45) is 0. The number of aromatic nitrogens is 1. The van der Waals surface area contributed by atoms with E-state index < -0.39 is 0 Å². The molecule has 2 N–H and O–H groups in total. The molecular weight excluding hydrogens is 387 g/mol. The molecule has 0 aliphatic rings. The third kappa shape index (κ3) is 3.32. The predicted molar refractivity (Wildman–Crippen MR) is 119 cm³/mol. The van der Waals surface area contributed by atoms with Crippen LogP contribution in [-0.2, 0) is 0 Å². The molecule has 2 heterocycles. The van der Waals surface area contributed by atoms with Crippen molar-refractivity contribution in [3.8, 4) is 16.9 Å². The lowest BCUT2D eigenvalue weighted by atomic mass is 9.92. The maximum Gasteiger partial charge on any atom is 0.266 e. The highest BCUT2D eigenvalue weighted by atomic mass is 32.1. The van der Waals surface area contributed by atoms with Crippen LogP contribution in [0.1, 0.15) is 24.0 Å². The first kappa shape index (κ1) is 19.6. The lowest BCUT2D eigenvalue weighted by molar-refractivity contribution is 0.378. The highest BCUT2D eigenvalue weighted by Gasteiger charge is 2.19. The van der Waals surface area contributed by atoms with Crippen molar-refractivity contribution in [1.29, 1.82) is 0 Å². The van der Waals surface area contributed by atoms with Gasteiger partial charge in [0.2, 0.25) is 0 Å². The standard InChI is InChI=1S/C23H23FN2O2S/c1-12-9-18(27)19(20-16-7-8-29-22(16)23(28)25-21(12)20)14-5-6-15(17(24)10-14)13(2)11-26(3)4/h5-10,13,27H,11H2,1-4H3,(H,25,28)/t13-/m0/s1. The Kier molecular flexibility index (Phi) is 4.92. The van der Waals surface area contributed by atoms with Crippen LogP contribution < -0.4 is 5.56 Å². The molecule has 4 nitrogen and oxygen atoms in total. The minimum Gasteiger partial charge on any atom is -0.507 e. The van der Waals surface area contributed by atoms with E-state index in [1.807, 2.05) is 50.4 Å². The average molecular weight is 411 g/mol. The SMILES string of the molecule is Cc1cc(O)c(-c2ccc([C@@H](C)CN(C)C)c(F)c2)c2c1[nH]c(=O)c1sccc12. The number of hydrogen-bond acceptors (Lipinski definition) is 4. The van der Waals surface area contributed by atoms with Gasteiger partial charge in [-0.2, -0.15) is 0 Å². The number of rotatable bonds is 4. The number of aromatic amines is 1. The van der Waals surface area contributed by atoms with Gasteiger partial charge in [0.15, 0.2) is 0 Å². The van der Waals surface area contributed by atoms with Gasteiger partial charge >= 0.3 is 0 Å². The minimum atomic E-state index is -0.295. The molecule has 1 atom stereocenters. The van der Waals surface area contributed by atoms with Crippen molar-refractivity contribution in [1.82, 2.24) is 9.88 Å². The van der Waals surface area contributed by atoms with Crippen LogP contribution in [-0.4, -0.2) is 35.6 Å². The van der Waals surface area contributed by atoms with E-state index in [-0.39, 0.29) is 23.0 Å². The molecule has 4 rings (SSSR count). The van der Waals surface area contributed by atoms with Crippen LogP contribution in [0.2, 0.25) is 0 Å². The molecule has 0 fully saturated rings. The number of pyridine rings is 1. The van der Waals surface area contributed by atoms with Crippen LogP contribution >= 0.6 is 11.3 Å². The second kappa shape index (κ2) is 7.28. The maximum absolute atomic E-state index is 15.0. The van der Waals surface area contributed by atoms with E-state index in [0.717, 1.165) is 22.9 Å². The number of thiophene rings is 1. The number of H-pyrrole nitrogens is 1. The molecule has 0 aliphatic carbocycles. The van der Waals surface area contributed by atoms with Gasteiger partial charge in [-0.05, 0) is 67.2 Å². The number of benzene rings is 2. The number of aryl methyl sites for hydroxylation is 1. The number of hydrogen-bond donors (Lipinski definition) is 2. The smallest absolute Gasteiger partial charge is 0.266 e. The van der Waals surface area contributed by atoms with Gasteiger partial charge in [0.25, 0.3) is 5.56 Å². The number of fused-ring (bicyclic) bond motifs is 3. The molecule has 2 aromatic carbocycles. The van der Waals surface area contributed by atoms with Gasteiger partial charge < -0.3 is 15.0 Å². The number of nitrogens with zero attached hydrogens (tertiary/aromatic N) is 1. The molecule has 0 spiro atoms. The Morgan fingerprint density at radius 2 is 2.00 bits per heavy atom. The van der Waals surface area contributed by atoms with Gasteiger partial charge in [0.05, 0.1) is 5.52 Å². The van der Waals surface area contributed by atoms with E-state index in [1.165, 1.54) is 17.4 Å². The van der Waals surface area contributed by atoms with Crippen molar-refractivity contribution in [3.05, 3.63) is 63.0 Å². The van der Waals surface area contributed by atoms with Gasteiger partial charge in [-0.3, -0.25) is 4.79 Å². The van der Waals surface area contributed by atoms with Crippen molar-refractivity contribution >= 4 is 32.3 Å². The van der Waals surface area contributed by atoms with Gasteiger partial charge in [-0.15, -0.1) is 11.3 Å². The Balaban J connectivity index is 1.98. The first-order chi connectivity index (χ1) is 13.8. The highest BCUT2D eigenvalue weighted by molar-refractivity contribution is 7.17. The van der Waals surface area contributed by atoms with Gasteiger partial charge in [0.1, 0.15) is 16.3 Å². The molecule has 6 heteroatoms. The monoisotopic (exact) mass is 410 g/mol. The summed E-state index contributed by atoms with van der Waals surface area (Å²) in [5.41, 5.74) is 3.05. The molecule has 0 amide bonds. The number of aromatic hydroxyl groups is 1. The molecule has 2 aromatic heterocycles. The van der Waals surface area contributed by atoms with Crippen molar-refractivity contribution in [3.63, 3.8) is 0 Å². The van der Waals surface area contributed by atoms with Crippen molar-refractivity contribution in [2.75, 3.05) is 20.6 Å². The first-order valence-electron chi connectivity index (χ1n) is 9.48. The lowest BCUT2D eigenvalue weighted by Gasteiger charge is -2.19. The third-order valence-corrected chi connectivity index (χ3v) is 6.26. The Bertz CT molecular complexity index is 1290. The van der Waals surface area contributed by atoms with Crippen LogP contribution in [0.4, 0.5) is 4.39 Å². The number of nitrogens with one attached hydrogen (secondary N) is 1. The summed E-state index contributed by atoms with van der Waals surface area (Å²) in [5.74, 6) is -0.179. The summed E-state index contributed by atoms with van der Waals surface area (Å²) in [4.78, 5) is 17.4. The maximum atomic E-state index is 15.0. The summed E-state index contributed by atoms with van der Waals surface area (Å²) in [6, 6.07) is 8.61. The molecule has 29 heavy (non-hydrogen) atoms. The molecule has 0 saturated heterocycles. The van der Waals surface area contributed by atoms with E-state index >= 15 is 4.39 Å². The minimum absolute atomic E-state index is 0.0438. The number of phenolic OH excluding ortho intramolecular Hbond substituents is 1. The fourth-order valence-electron chi connectivity index (χ4n) is 4.10. The molecule has 150 valence electrons. The Morgan fingerprint density at radius 3 is 2.69 bits per heavy atom. The highest BCUT2D eigenvalue weighted by Crippen LogP contribution is 2.41. The predicted octanol–water partition coefficient (Wildman–Crippen LogP) is 5.23. The molecule has 0 radical (unpaired) electrons. The summed E-state index contributed by atoms with van der Waals surface area (Å²) >= 11 is 1.36. The van der Waals surface area contributed by atoms with Gasteiger partial charge in [0, 0.05) is 22.9 Å².